The highest BCUT2D eigenvalue weighted by Crippen LogP contribution is 1.89. The van der Waals surface area contributed by atoms with Crippen LogP contribution in [0.15, 0.2) is 0 Å². The summed E-state index contributed by atoms with van der Waals surface area (Å²) in [6, 6.07) is 0. The summed E-state index contributed by atoms with van der Waals surface area (Å²) in [7, 11) is 3.41. The van der Waals surface area contributed by atoms with Gasteiger partial charge in [-0.1, -0.05) is 13.8 Å². The Hall–Kier alpha value is -0.160. The van der Waals surface area contributed by atoms with E-state index in [2.05, 4.69) is 24.1 Å². The molecule has 0 amide bonds. The lowest BCUT2D eigenvalue weighted by Crippen LogP contribution is -2.37. The van der Waals surface area contributed by atoms with Gasteiger partial charge in [0.05, 0.1) is 12.7 Å². The largest absolute Gasteiger partial charge is 0.382 e. The predicted molar refractivity (Wildman–Crippen MR) is 63.3 cm³/mol. The fourth-order valence-electron chi connectivity index (χ4n) is 1.44. The van der Waals surface area contributed by atoms with Gasteiger partial charge in [0.15, 0.2) is 0 Å². The SMILES string of the molecule is CCN(CC)CCNCC(COC)OC. The van der Waals surface area contributed by atoms with Crippen molar-refractivity contribution in [3.05, 3.63) is 0 Å². The van der Waals surface area contributed by atoms with Gasteiger partial charge < -0.3 is 19.7 Å². The average molecular weight is 218 g/mol. The molecule has 0 aliphatic heterocycles. The molecule has 15 heavy (non-hydrogen) atoms. The average Bonchev–Trinajstić information content (AvgIpc) is 2.28. The van der Waals surface area contributed by atoms with Crippen molar-refractivity contribution in [2.75, 3.05) is 53.6 Å². The summed E-state index contributed by atoms with van der Waals surface area (Å²) in [4.78, 5) is 2.39. The van der Waals surface area contributed by atoms with Crippen molar-refractivity contribution < 1.29 is 9.47 Å². The molecule has 92 valence electrons. The molecule has 0 aromatic heterocycles. The Morgan fingerprint density at radius 1 is 1.20 bits per heavy atom. The zero-order chi connectivity index (χ0) is 11.5. The minimum atomic E-state index is 0.159. The summed E-state index contributed by atoms with van der Waals surface area (Å²) >= 11 is 0. The molecule has 1 unspecified atom stereocenters. The number of hydrogen-bond donors (Lipinski definition) is 1. The molecule has 0 aliphatic carbocycles. The first-order chi connectivity index (χ1) is 7.28. The van der Waals surface area contributed by atoms with E-state index >= 15 is 0 Å². The number of ether oxygens (including phenoxy) is 2. The lowest BCUT2D eigenvalue weighted by Gasteiger charge is -2.19. The van der Waals surface area contributed by atoms with Crippen molar-refractivity contribution in [3.8, 4) is 0 Å². The second kappa shape index (κ2) is 10.4. The summed E-state index contributed by atoms with van der Waals surface area (Å²) in [5.41, 5.74) is 0. The van der Waals surface area contributed by atoms with Gasteiger partial charge in [0.25, 0.3) is 0 Å². The van der Waals surface area contributed by atoms with Gasteiger partial charge in [-0.15, -0.1) is 0 Å². The van der Waals surface area contributed by atoms with Crippen LogP contribution in [-0.4, -0.2) is 64.6 Å². The third-order valence-electron chi connectivity index (χ3n) is 2.56. The molecule has 0 rings (SSSR count). The molecule has 0 aromatic carbocycles. The number of rotatable bonds is 10. The van der Waals surface area contributed by atoms with Crippen LogP contribution in [0.25, 0.3) is 0 Å². The lowest BCUT2D eigenvalue weighted by molar-refractivity contribution is 0.0287. The Bertz CT molecular complexity index is 130. The number of likely N-dealkylation sites (N-methyl/N-ethyl adjacent to an activating group) is 1. The molecule has 0 heterocycles. The van der Waals surface area contributed by atoms with E-state index in [0.29, 0.717) is 6.61 Å². The van der Waals surface area contributed by atoms with Gasteiger partial charge in [0.2, 0.25) is 0 Å². The molecule has 0 saturated carbocycles. The predicted octanol–water partition coefficient (Wildman–Crippen LogP) is 0.579. The maximum absolute atomic E-state index is 5.25. The van der Waals surface area contributed by atoms with E-state index in [1.807, 2.05) is 0 Å². The van der Waals surface area contributed by atoms with Crippen LogP contribution in [0, 0.1) is 0 Å². The van der Waals surface area contributed by atoms with E-state index in [9.17, 15) is 0 Å². The van der Waals surface area contributed by atoms with Gasteiger partial charge in [0, 0.05) is 33.9 Å². The highest BCUT2D eigenvalue weighted by Gasteiger charge is 2.05. The minimum Gasteiger partial charge on any atom is -0.382 e. The summed E-state index contributed by atoms with van der Waals surface area (Å²) < 4.78 is 10.3. The molecule has 0 aromatic rings. The highest BCUT2D eigenvalue weighted by atomic mass is 16.5. The molecule has 0 radical (unpaired) electrons. The fraction of sp³-hybridized carbons (Fsp3) is 1.00. The van der Waals surface area contributed by atoms with Crippen molar-refractivity contribution in [1.82, 2.24) is 10.2 Å². The molecule has 1 N–H and O–H groups in total. The molecule has 0 bridgehead atoms. The topological polar surface area (TPSA) is 33.7 Å². The van der Waals surface area contributed by atoms with E-state index in [0.717, 1.165) is 32.7 Å². The first kappa shape index (κ1) is 14.8. The van der Waals surface area contributed by atoms with Crippen LogP contribution in [0.5, 0.6) is 0 Å². The Kier molecular flexibility index (Phi) is 10.3. The quantitative estimate of drug-likeness (QED) is 0.544. The highest BCUT2D eigenvalue weighted by molar-refractivity contribution is 4.62. The third kappa shape index (κ3) is 7.73. The van der Waals surface area contributed by atoms with Crippen LogP contribution in [0.2, 0.25) is 0 Å². The van der Waals surface area contributed by atoms with Gasteiger partial charge in [-0.3, -0.25) is 0 Å². The van der Waals surface area contributed by atoms with Crippen LogP contribution in [0.1, 0.15) is 13.8 Å². The zero-order valence-electron chi connectivity index (χ0n) is 10.6. The number of hydrogen-bond acceptors (Lipinski definition) is 4. The molecular weight excluding hydrogens is 192 g/mol. The lowest BCUT2D eigenvalue weighted by atomic mass is 10.3. The number of nitrogens with one attached hydrogen (secondary N) is 1. The first-order valence-electron chi connectivity index (χ1n) is 5.73. The van der Waals surface area contributed by atoms with Crippen LogP contribution in [0.4, 0.5) is 0 Å². The fourth-order valence-corrected chi connectivity index (χ4v) is 1.44. The van der Waals surface area contributed by atoms with Crippen molar-refractivity contribution in [3.63, 3.8) is 0 Å². The normalized spacial score (nSPS) is 13.4. The second-order valence-corrected chi connectivity index (χ2v) is 3.54. The summed E-state index contributed by atoms with van der Waals surface area (Å²) in [5, 5.41) is 3.37. The van der Waals surface area contributed by atoms with Crippen LogP contribution in [-0.2, 0) is 9.47 Å². The van der Waals surface area contributed by atoms with Crippen molar-refractivity contribution in [2.45, 2.75) is 20.0 Å². The van der Waals surface area contributed by atoms with Crippen LogP contribution < -0.4 is 5.32 Å². The van der Waals surface area contributed by atoms with Crippen LogP contribution >= 0.6 is 0 Å². The minimum absolute atomic E-state index is 0.159. The number of nitrogens with zero attached hydrogens (tertiary/aromatic N) is 1. The molecule has 4 nitrogen and oxygen atoms in total. The molecular formula is C11H26N2O2. The van der Waals surface area contributed by atoms with Crippen molar-refractivity contribution in [1.29, 1.82) is 0 Å². The maximum Gasteiger partial charge on any atom is 0.0928 e. The van der Waals surface area contributed by atoms with E-state index in [1.165, 1.54) is 0 Å². The van der Waals surface area contributed by atoms with Crippen molar-refractivity contribution in [2.24, 2.45) is 0 Å². The molecule has 0 spiro atoms. The van der Waals surface area contributed by atoms with Gasteiger partial charge in [0.1, 0.15) is 0 Å². The molecule has 4 heteroatoms. The molecule has 0 saturated heterocycles. The second-order valence-electron chi connectivity index (χ2n) is 3.54. The molecule has 0 aliphatic rings. The van der Waals surface area contributed by atoms with E-state index in [1.54, 1.807) is 14.2 Å². The monoisotopic (exact) mass is 218 g/mol. The maximum atomic E-state index is 5.25. The van der Waals surface area contributed by atoms with Gasteiger partial charge in [-0.25, -0.2) is 0 Å². The zero-order valence-corrected chi connectivity index (χ0v) is 10.6. The Morgan fingerprint density at radius 2 is 1.87 bits per heavy atom. The van der Waals surface area contributed by atoms with Gasteiger partial charge in [-0.05, 0) is 13.1 Å². The Labute approximate surface area is 93.9 Å². The van der Waals surface area contributed by atoms with Gasteiger partial charge >= 0.3 is 0 Å². The van der Waals surface area contributed by atoms with Gasteiger partial charge in [-0.2, -0.15) is 0 Å². The Balaban J connectivity index is 3.42. The van der Waals surface area contributed by atoms with Crippen molar-refractivity contribution >= 4 is 0 Å². The van der Waals surface area contributed by atoms with E-state index in [4.69, 9.17) is 9.47 Å². The smallest absolute Gasteiger partial charge is 0.0928 e. The molecule has 0 fully saturated rings. The Morgan fingerprint density at radius 3 is 2.33 bits per heavy atom. The standard InChI is InChI=1S/C11H26N2O2/c1-5-13(6-2)8-7-12-9-11(15-4)10-14-3/h11-12H,5-10H2,1-4H3. The first-order valence-corrected chi connectivity index (χ1v) is 5.73. The summed E-state index contributed by atoms with van der Waals surface area (Å²) in [5.74, 6) is 0. The third-order valence-corrected chi connectivity index (χ3v) is 2.56. The van der Waals surface area contributed by atoms with E-state index in [-0.39, 0.29) is 6.10 Å². The van der Waals surface area contributed by atoms with Crippen LogP contribution in [0.3, 0.4) is 0 Å². The number of methoxy groups -OCH3 is 2. The summed E-state index contributed by atoms with van der Waals surface area (Å²) in [6.07, 6.45) is 0.159. The molecule has 1 atom stereocenters. The summed E-state index contributed by atoms with van der Waals surface area (Å²) in [6.45, 7) is 10.2. The van der Waals surface area contributed by atoms with E-state index < -0.39 is 0 Å².